The number of thiophene rings is 1. The standard InChI is InChI=1S/C16H11N3OS2/c20-15(18-6-5-10-3-1-2-4-11(10)18)13-9-12-14(22-13)17-16-19(12)7-8-21-16/h1-4,7-9H,5-6H2. The molecule has 0 bridgehead atoms. The molecule has 22 heavy (non-hydrogen) atoms. The first kappa shape index (κ1) is 12.4. The van der Waals surface area contributed by atoms with Crippen LogP contribution in [0.4, 0.5) is 5.69 Å². The van der Waals surface area contributed by atoms with Crippen molar-refractivity contribution >= 4 is 49.6 Å². The van der Waals surface area contributed by atoms with E-state index >= 15 is 0 Å². The van der Waals surface area contributed by atoms with Crippen molar-refractivity contribution in [2.24, 2.45) is 0 Å². The Kier molecular flexibility index (Phi) is 2.48. The second-order valence-corrected chi connectivity index (χ2v) is 7.21. The molecule has 0 radical (unpaired) electrons. The fourth-order valence-corrected chi connectivity index (χ4v) is 4.78. The first-order valence-corrected chi connectivity index (χ1v) is 8.76. The normalized spacial score (nSPS) is 14.1. The molecule has 1 aliphatic heterocycles. The smallest absolute Gasteiger partial charge is 0.268 e. The van der Waals surface area contributed by atoms with E-state index in [9.17, 15) is 4.79 Å². The topological polar surface area (TPSA) is 37.6 Å². The van der Waals surface area contributed by atoms with Gasteiger partial charge >= 0.3 is 0 Å². The molecule has 4 heterocycles. The summed E-state index contributed by atoms with van der Waals surface area (Å²) in [4.78, 5) is 22.0. The van der Waals surface area contributed by atoms with Crippen LogP contribution in [0.1, 0.15) is 15.2 Å². The number of imidazole rings is 1. The minimum Gasteiger partial charge on any atom is -0.307 e. The molecule has 4 nitrogen and oxygen atoms in total. The Morgan fingerprint density at radius 1 is 1.27 bits per heavy atom. The third kappa shape index (κ3) is 1.62. The van der Waals surface area contributed by atoms with Gasteiger partial charge in [0.2, 0.25) is 0 Å². The largest absolute Gasteiger partial charge is 0.307 e. The van der Waals surface area contributed by atoms with Crippen LogP contribution in [0.5, 0.6) is 0 Å². The predicted octanol–water partition coefficient (Wildman–Crippen LogP) is 3.81. The van der Waals surface area contributed by atoms with E-state index in [2.05, 4.69) is 11.1 Å². The third-order valence-corrected chi connectivity index (χ3v) is 5.85. The highest BCUT2D eigenvalue weighted by Crippen LogP contribution is 2.33. The van der Waals surface area contributed by atoms with Gasteiger partial charge < -0.3 is 4.90 Å². The average Bonchev–Trinajstić information content (AvgIpc) is 3.26. The molecule has 1 amide bonds. The minimum atomic E-state index is 0.0805. The second kappa shape index (κ2) is 4.41. The molecular formula is C16H11N3OS2. The number of amides is 1. The van der Waals surface area contributed by atoms with Crippen molar-refractivity contribution < 1.29 is 4.79 Å². The molecule has 0 fully saturated rings. The summed E-state index contributed by atoms with van der Waals surface area (Å²) in [6, 6.07) is 10.1. The molecule has 1 aromatic carbocycles. The SMILES string of the molecule is O=C(c1cc2c(nc3sccn32)s1)N1CCc2ccccc21. The van der Waals surface area contributed by atoms with Crippen molar-refractivity contribution in [2.45, 2.75) is 6.42 Å². The summed E-state index contributed by atoms with van der Waals surface area (Å²) < 4.78 is 2.05. The highest BCUT2D eigenvalue weighted by atomic mass is 32.1. The van der Waals surface area contributed by atoms with Gasteiger partial charge in [-0.25, -0.2) is 4.98 Å². The minimum absolute atomic E-state index is 0.0805. The van der Waals surface area contributed by atoms with Crippen LogP contribution in [0.2, 0.25) is 0 Å². The lowest BCUT2D eigenvalue weighted by atomic mass is 10.2. The van der Waals surface area contributed by atoms with Crippen LogP contribution in [0.25, 0.3) is 15.3 Å². The summed E-state index contributed by atoms with van der Waals surface area (Å²) in [6.07, 6.45) is 2.93. The van der Waals surface area contributed by atoms with Gasteiger partial charge in [-0.2, -0.15) is 0 Å². The van der Waals surface area contributed by atoms with Crippen LogP contribution >= 0.6 is 22.7 Å². The maximum atomic E-state index is 12.9. The highest BCUT2D eigenvalue weighted by Gasteiger charge is 2.27. The molecule has 0 spiro atoms. The van der Waals surface area contributed by atoms with Crippen LogP contribution in [0.15, 0.2) is 41.9 Å². The van der Waals surface area contributed by atoms with Crippen LogP contribution in [0.3, 0.4) is 0 Å². The Labute approximate surface area is 134 Å². The van der Waals surface area contributed by atoms with E-state index in [-0.39, 0.29) is 5.91 Å². The maximum absolute atomic E-state index is 12.9. The number of carbonyl (C=O) groups is 1. The van der Waals surface area contributed by atoms with Crippen LogP contribution in [0, 0.1) is 0 Å². The lowest BCUT2D eigenvalue weighted by Crippen LogP contribution is -2.28. The summed E-state index contributed by atoms with van der Waals surface area (Å²) in [7, 11) is 0. The Hall–Kier alpha value is -2.18. The fraction of sp³-hybridized carbons (Fsp3) is 0.125. The Morgan fingerprint density at radius 3 is 3.14 bits per heavy atom. The first-order valence-electron chi connectivity index (χ1n) is 7.06. The van der Waals surface area contributed by atoms with Gasteiger partial charge in [-0.3, -0.25) is 9.20 Å². The third-order valence-electron chi connectivity index (χ3n) is 4.08. The van der Waals surface area contributed by atoms with E-state index in [0.717, 1.165) is 38.8 Å². The van der Waals surface area contributed by atoms with E-state index in [0.29, 0.717) is 0 Å². The van der Waals surface area contributed by atoms with Crippen molar-refractivity contribution in [3.05, 3.63) is 52.3 Å². The Bertz CT molecular complexity index is 1030. The molecule has 0 saturated carbocycles. The molecule has 6 heteroatoms. The van der Waals surface area contributed by atoms with Gasteiger partial charge in [-0.15, -0.1) is 22.7 Å². The number of aromatic nitrogens is 2. The van der Waals surface area contributed by atoms with E-state index < -0.39 is 0 Å². The first-order chi connectivity index (χ1) is 10.8. The summed E-state index contributed by atoms with van der Waals surface area (Å²) in [5.41, 5.74) is 3.32. The number of para-hydroxylation sites is 1. The Morgan fingerprint density at radius 2 is 2.18 bits per heavy atom. The second-order valence-electron chi connectivity index (χ2n) is 5.30. The number of benzene rings is 1. The van der Waals surface area contributed by atoms with Crippen molar-refractivity contribution in [1.82, 2.24) is 9.38 Å². The molecule has 5 rings (SSSR count). The van der Waals surface area contributed by atoms with E-state index in [1.165, 1.54) is 16.9 Å². The maximum Gasteiger partial charge on any atom is 0.268 e. The average molecular weight is 325 g/mol. The van der Waals surface area contributed by atoms with Gasteiger partial charge in [0.25, 0.3) is 5.91 Å². The number of carbonyl (C=O) groups excluding carboxylic acids is 1. The fourth-order valence-electron chi connectivity index (χ4n) is 3.04. The van der Waals surface area contributed by atoms with Crippen molar-refractivity contribution in [2.75, 3.05) is 11.4 Å². The number of fused-ring (bicyclic) bond motifs is 4. The number of nitrogens with zero attached hydrogens (tertiary/aromatic N) is 3. The number of hydrogen-bond donors (Lipinski definition) is 0. The lowest BCUT2D eigenvalue weighted by molar-refractivity contribution is 0.0993. The van der Waals surface area contributed by atoms with Crippen molar-refractivity contribution in [1.29, 1.82) is 0 Å². The van der Waals surface area contributed by atoms with Crippen LogP contribution < -0.4 is 4.90 Å². The molecule has 0 aliphatic carbocycles. The Balaban J connectivity index is 1.59. The zero-order valence-corrected chi connectivity index (χ0v) is 13.2. The molecule has 108 valence electrons. The molecule has 0 atom stereocenters. The van der Waals surface area contributed by atoms with Gasteiger partial charge in [0, 0.05) is 23.8 Å². The van der Waals surface area contributed by atoms with Crippen molar-refractivity contribution in [3.8, 4) is 0 Å². The number of rotatable bonds is 1. The van der Waals surface area contributed by atoms with Crippen molar-refractivity contribution in [3.63, 3.8) is 0 Å². The van der Waals surface area contributed by atoms with Gasteiger partial charge in [0.15, 0.2) is 4.96 Å². The molecule has 4 aromatic rings. The highest BCUT2D eigenvalue weighted by molar-refractivity contribution is 7.21. The summed E-state index contributed by atoms with van der Waals surface area (Å²) in [5, 5.41) is 2.01. The number of anilines is 1. The quantitative estimate of drug-likeness (QED) is 0.534. The molecule has 3 aromatic heterocycles. The van der Waals surface area contributed by atoms with Gasteiger partial charge in [0.1, 0.15) is 4.83 Å². The zero-order valence-electron chi connectivity index (χ0n) is 11.5. The van der Waals surface area contributed by atoms with E-state index in [1.54, 1.807) is 11.3 Å². The number of thiazole rings is 1. The van der Waals surface area contributed by atoms with E-state index in [4.69, 9.17) is 0 Å². The van der Waals surface area contributed by atoms with Gasteiger partial charge in [-0.1, -0.05) is 18.2 Å². The molecule has 0 saturated heterocycles. The molecular weight excluding hydrogens is 314 g/mol. The molecule has 1 aliphatic rings. The van der Waals surface area contributed by atoms with Gasteiger partial charge in [-0.05, 0) is 24.1 Å². The zero-order chi connectivity index (χ0) is 14.7. The molecule has 0 N–H and O–H groups in total. The van der Waals surface area contributed by atoms with Gasteiger partial charge in [0.05, 0.1) is 10.4 Å². The van der Waals surface area contributed by atoms with E-state index in [1.807, 2.05) is 45.1 Å². The number of hydrogen-bond acceptors (Lipinski definition) is 4. The summed E-state index contributed by atoms with van der Waals surface area (Å²) in [6.45, 7) is 0.759. The molecule has 0 unspecified atom stereocenters. The van der Waals surface area contributed by atoms with Crippen LogP contribution in [-0.2, 0) is 6.42 Å². The summed E-state index contributed by atoms with van der Waals surface area (Å²) >= 11 is 3.09. The van der Waals surface area contributed by atoms with Crippen LogP contribution in [-0.4, -0.2) is 21.8 Å². The monoisotopic (exact) mass is 325 g/mol. The summed E-state index contributed by atoms with van der Waals surface area (Å²) in [5.74, 6) is 0.0805. The lowest BCUT2D eigenvalue weighted by Gasteiger charge is -2.15. The predicted molar refractivity (Wildman–Crippen MR) is 90.3 cm³/mol.